The van der Waals surface area contributed by atoms with Gasteiger partial charge in [0.1, 0.15) is 0 Å². The average molecular weight is 260 g/mol. The van der Waals surface area contributed by atoms with E-state index in [0.29, 0.717) is 4.99 Å². The molecular weight excluding hydrogens is 240 g/mol. The van der Waals surface area contributed by atoms with Gasteiger partial charge in [0.05, 0.1) is 10.9 Å². The highest BCUT2D eigenvalue weighted by Crippen LogP contribution is 2.34. The predicted octanol–water partition coefficient (Wildman–Crippen LogP) is 0.772. The number of nitrogens with one attached hydrogen (secondary N) is 1. The molecule has 0 aromatic carbocycles. The van der Waals surface area contributed by atoms with Gasteiger partial charge in [0.2, 0.25) is 5.91 Å². The summed E-state index contributed by atoms with van der Waals surface area (Å²) in [6.45, 7) is 5.66. The lowest BCUT2D eigenvalue weighted by Crippen LogP contribution is -2.44. The largest absolute Gasteiger partial charge is 0.481 e. The Morgan fingerprint density at radius 1 is 1.41 bits per heavy atom. The van der Waals surface area contributed by atoms with Crippen LogP contribution in [-0.4, -0.2) is 29.0 Å². The van der Waals surface area contributed by atoms with E-state index in [-0.39, 0.29) is 11.8 Å². The molecule has 0 heterocycles. The molecule has 0 rings (SSSR count). The second-order valence-electron chi connectivity index (χ2n) is 5.07. The summed E-state index contributed by atoms with van der Waals surface area (Å²) in [7, 11) is 1.64. The lowest BCUT2D eigenvalue weighted by molar-refractivity contribution is -0.146. The summed E-state index contributed by atoms with van der Waals surface area (Å²) in [4.78, 5) is 22.6. The van der Waals surface area contributed by atoms with Crippen molar-refractivity contribution in [2.75, 3.05) is 7.05 Å². The second-order valence-corrected chi connectivity index (χ2v) is 5.51. The van der Waals surface area contributed by atoms with E-state index in [0.717, 1.165) is 0 Å². The Bertz CT molecular complexity index is 323. The van der Waals surface area contributed by atoms with E-state index in [2.05, 4.69) is 5.32 Å². The topological polar surface area (TPSA) is 92.4 Å². The fourth-order valence-electron chi connectivity index (χ4n) is 1.90. The van der Waals surface area contributed by atoms with Crippen LogP contribution in [0.1, 0.15) is 27.2 Å². The van der Waals surface area contributed by atoms with Crippen molar-refractivity contribution in [2.24, 2.45) is 23.0 Å². The van der Waals surface area contributed by atoms with Crippen LogP contribution in [0.3, 0.4) is 0 Å². The SMILES string of the molecule is CNC(=S)[C@@H](C(CC(N)=O)C(=O)O)C(C)(C)C. The molecule has 6 heteroatoms. The predicted molar refractivity (Wildman–Crippen MR) is 69.5 cm³/mol. The standard InChI is InChI=1S/C11H20N2O3S/c1-11(2,3)8(9(17)13-4)6(10(15)16)5-7(12)14/h6,8H,5H2,1-4H3,(H2,12,14)(H,13,17)(H,15,16)/t6?,8-/m1/s1. The van der Waals surface area contributed by atoms with Gasteiger partial charge >= 0.3 is 5.97 Å². The van der Waals surface area contributed by atoms with Crippen LogP contribution in [0.15, 0.2) is 0 Å². The van der Waals surface area contributed by atoms with Crippen LogP contribution < -0.4 is 11.1 Å². The van der Waals surface area contributed by atoms with Crippen LogP contribution in [0.4, 0.5) is 0 Å². The summed E-state index contributed by atoms with van der Waals surface area (Å²) in [5.41, 5.74) is 4.73. The van der Waals surface area contributed by atoms with Crippen molar-refractivity contribution >= 4 is 29.1 Å². The number of rotatable bonds is 5. The first-order valence-corrected chi connectivity index (χ1v) is 5.74. The molecule has 0 fully saturated rings. The van der Waals surface area contributed by atoms with Crippen molar-refractivity contribution in [3.05, 3.63) is 0 Å². The van der Waals surface area contributed by atoms with Crippen molar-refractivity contribution in [3.63, 3.8) is 0 Å². The lowest BCUT2D eigenvalue weighted by atomic mass is 9.71. The number of carbonyl (C=O) groups is 2. The van der Waals surface area contributed by atoms with E-state index in [1.807, 2.05) is 20.8 Å². The molecule has 0 aromatic rings. The number of carbonyl (C=O) groups excluding carboxylic acids is 1. The Morgan fingerprint density at radius 3 is 2.12 bits per heavy atom. The first-order chi connectivity index (χ1) is 7.61. The van der Waals surface area contributed by atoms with Crippen LogP contribution in [0.25, 0.3) is 0 Å². The van der Waals surface area contributed by atoms with Crippen molar-refractivity contribution < 1.29 is 14.7 Å². The Morgan fingerprint density at radius 2 is 1.88 bits per heavy atom. The molecule has 0 aromatic heterocycles. The van der Waals surface area contributed by atoms with E-state index in [4.69, 9.17) is 18.0 Å². The Balaban J connectivity index is 5.30. The van der Waals surface area contributed by atoms with Crippen LogP contribution in [0.5, 0.6) is 0 Å². The third-order valence-electron chi connectivity index (χ3n) is 2.60. The Hall–Kier alpha value is -1.17. The van der Waals surface area contributed by atoms with Gasteiger partial charge in [-0.3, -0.25) is 9.59 Å². The highest BCUT2D eigenvalue weighted by Gasteiger charge is 2.40. The van der Waals surface area contributed by atoms with Crippen molar-refractivity contribution in [2.45, 2.75) is 27.2 Å². The maximum Gasteiger partial charge on any atom is 0.307 e. The number of aliphatic carboxylic acids is 1. The highest BCUT2D eigenvalue weighted by atomic mass is 32.1. The van der Waals surface area contributed by atoms with E-state index >= 15 is 0 Å². The smallest absolute Gasteiger partial charge is 0.307 e. The zero-order chi connectivity index (χ0) is 13.8. The van der Waals surface area contributed by atoms with Crippen molar-refractivity contribution in [1.29, 1.82) is 0 Å². The molecule has 0 spiro atoms. The quantitative estimate of drug-likeness (QED) is 0.635. The van der Waals surface area contributed by atoms with Gasteiger partial charge in [-0.05, 0) is 5.41 Å². The van der Waals surface area contributed by atoms with Crippen LogP contribution in [-0.2, 0) is 9.59 Å². The van der Waals surface area contributed by atoms with E-state index in [1.54, 1.807) is 7.05 Å². The molecule has 17 heavy (non-hydrogen) atoms. The van der Waals surface area contributed by atoms with Gasteiger partial charge < -0.3 is 16.2 Å². The molecule has 0 aliphatic heterocycles. The van der Waals surface area contributed by atoms with Gasteiger partial charge in [-0.25, -0.2) is 0 Å². The third-order valence-corrected chi connectivity index (χ3v) is 3.06. The Kier molecular flexibility index (Phi) is 5.54. The molecule has 1 unspecified atom stereocenters. The van der Waals surface area contributed by atoms with Crippen molar-refractivity contribution in [3.8, 4) is 0 Å². The second kappa shape index (κ2) is 5.95. The normalized spacial score (nSPS) is 14.8. The van der Waals surface area contributed by atoms with Crippen LogP contribution >= 0.6 is 12.2 Å². The molecule has 0 radical (unpaired) electrons. The molecule has 98 valence electrons. The first-order valence-electron chi connectivity index (χ1n) is 5.34. The van der Waals surface area contributed by atoms with Gasteiger partial charge in [0.15, 0.2) is 0 Å². The van der Waals surface area contributed by atoms with Crippen molar-refractivity contribution in [1.82, 2.24) is 5.32 Å². The number of primary amides is 1. The van der Waals surface area contributed by atoms with Gasteiger partial charge in [-0.15, -0.1) is 0 Å². The molecule has 5 nitrogen and oxygen atoms in total. The molecular formula is C11H20N2O3S. The van der Waals surface area contributed by atoms with Crippen LogP contribution in [0, 0.1) is 17.3 Å². The van der Waals surface area contributed by atoms with Gasteiger partial charge in [-0.2, -0.15) is 0 Å². The summed E-state index contributed by atoms with van der Waals surface area (Å²) >= 11 is 5.15. The first kappa shape index (κ1) is 15.8. The summed E-state index contributed by atoms with van der Waals surface area (Å²) in [6, 6.07) is 0. The summed E-state index contributed by atoms with van der Waals surface area (Å²) in [5.74, 6) is -3.02. The number of nitrogens with two attached hydrogens (primary N) is 1. The van der Waals surface area contributed by atoms with E-state index in [9.17, 15) is 14.7 Å². The highest BCUT2D eigenvalue weighted by molar-refractivity contribution is 7.80. The molecule has 0 bridgehead atoms. The minimum atomic E-state index is -1.05. The summed E-state index contributed by atoms with van der Waals surface area (Å²) in [5, 5.41) is 12.0. The van der Waals surface area contributed by atoms with E-state index < -0.39 is 23.7 Å². The fraction of sp³-hybridized carbons (Fsp3) is 0.727. The zero-order valence-electron chi connectivity index (χ0n) is 10.6. The molecule has 0 saturated heterocycles. The molecule has 0 aliphatic carbocycles. The number of thiocarbonyl (C=S) groups is 1. The Labute approximate surface area is 107 Å². The molecule has 1 amide bonds. The monoisotopic (exact) mass is 260 g/mol. The number of amides is 1. The lowest BCUT2D eigenvalue weighted by Gasteiger charge is -2.35. The summed E-state index contributed by atoms with van der Waals surface area (Å²) < 4.78 is 0. The third kappa shape index (κ3) is 4.68. The number of hydrogen-bond donors (Lipinski definition) is 3. The average Bonchev–Trinajstić information content (AvgIpc) is 2.13. The molecule has 0 aliphatic rings. The number of carboxylic acid groups (broad SMARTS) is 1. The summed E-state index contributed by atoms with van der Waals surface area (Å²) in [6.07, 6.45) is -0.209. The minimum absolute atomic E-state index is 0.209. The molecule has 2 atom stereocenters. The molecule has 4 N–H and O–H groups in total. The van der Waals surface area contributed by atoms with E-state index in [1.165, 1.54) is 0 Å². The fourth-order valence-corrected chi connectivity index (χ4v) is 2.42. The number of hydrogen-bond acceptors (Lipinski definition) is 3. The van der Waals surface area contributed by atoms with Gasteiger partial charge in [0.25, 0.3) is 0 Å². The van der Waals surface area contributed by atoms with Gasteiger partial charge in [-0.1, -0.05) is 33.0 Å². The van der Waals surface area contributed by atoms with Gasteiger partial charge in [0, 0.05) is 19.4 Å². The maximum absolute atomic E-state index is 11.2. The number of carboxylic acids is 1. The van der Waals surface area contributed by atoms with Crippen LogP contribution in [0.2, 0.25) is 0 Å². The minimum Gasteiger partial charge on any atom is -0.481 e. The molecule has 0 saturated carbocycles. The zero-order valence-corrected chi connectivity index (χ0v) is 11.4. The maximum atomic E-state index is 11.2.